The van der Waals surface area contributed by atoms with Crippen molar-refractivity contribution in [2.75, 3.05) is 19.7 Å². The molecule has 29 heavy (non-hydrogen) atoms. The number of hydrogen-bond acceptors (Lipinski definition) is 5. The van der Waals surface area contributed by atoms with Gasteiger partial charge < -0.3 is 14.4 Å². The molecule has 1 saturated carbocycles. The summed E-state index contributed by atoms with van der Waals surface area (Å²) >= 11 is 0. The van der Waals surface area contributed by atoms with Gasteiger partial charge in [0.25, 0.3) is 5.91 Å². The first-order chi connectivity index (χ1) is 14.1. The molecule has 6 heteroatoms. The average Bonchev–Trinajstić information content (AvgIpc) is 3.57. The highest BCUT2D eigenvalue weighted by Gasteiger charge is 2.43. The molecule has 2 fully saturated rings. The fraction of sp³-hybridized carbons (Fsp3) is 0.435. The largest absolute Gasteiger partial charge is 0.486 e. The van der Waals surface area contributed by atoms with Gasteiger partial charge in [-0.05, 0) is 37.0 Å². The van der Waals surface area contributed by atoms with Gasteiger partial charge in [0.05, 0.1) is 18.6 Å². The summed E-state index contributed by atoms with van der Waals surface area (Å²) in [6.07, 6.45) is 5.72. The molecule has 1 spiro atoms. The second-order valence-corrected chi connectivity index (χ2v) is 8.31. The van der Waals surface area contributed by atoms with E-state index < -0.39 is 5.60 Å². The van der Waals surface area contributed by atoms with Crippen LogP contribution in [-0.2, 0) is 0 Å². The summed E-state index contributed by atoms with van der Waals surface area (Å²) in [7, 11) is 0. The fourth-order valence-corrected chi connectivity index (χ4v) is 4.13. The molecule has 1 amide bonds. The molecule has 0 atom stereocenters. The molecule has 3 heterocycles. The number of carbonyl (C=O) groups is 2. The molecule has 0 bridgehead atoms. The molecule has 1 aromatic heterocycles. The second kappa shape index (κ2) is 7.17. The smallest absolute Gasteiger partial charge is 0.254 e. The lowest BCUT2D eigenvalue weighted by molar-refractivity contribution is -0.00572. The van der Waals surface area contributed by atoms with Gasteiger partial charge in [0.1, 0.15) is 11.4 Å². The zero-order valence-electron chi connectivity index (χ0n) is 16.3. The van der Waals surface area contributed by atoms with Crippen LogP contribution in [0.4, 0.5) is 0 Å². The highest BCUT2D eigenvalue weighted by atomic mass is 16.5. The van der Waals surface area contributed by atoms with Crippen molar-refractivity contribution in [3.05, 3.63) is 53.7 Å². The van der Waals surface area contributed by atoms with Crippen LogP contribution in [-0.4, -0.2) is 46.9 Å². The van der Waals surface area contributed by atoms with Crippen LogP contribution in [0.1, 0.15) is 52.8 Å². The first-order valence-corrected chi connectivity index (χ1v) is 10.3. The van der Waals surface area contributed by atoms with Gasteiger partial charge in [-0.1, -0.05) is 12.1 Å². The standard InChI is InChI=1S/C23H24N2O4/c26-19-14-23(29-20-4-2-1-3-18(19)20)8-11-25(12-9-23)22(27)17-7-10-24-21(13-17)28-15-16-5-6-16/h1-4,7,10,13,16H,5-6,8-9,11-12,14-15H2. The maximum atomic E-state index is 13.0. The van der Waals surface area contributed by atoms with Crippen LogP contribution in [0.15, 0.2) is 42.6 Å². The Labute approximate surface area is 169 Å². The Kier molecular flexibility index (Phi) is 4.49. The number of pyridine rings is 1. The van der Waals surface area contributed by atoms with E-state index in [0.29, 0.717) is 67.6 Å². The quantitative estimate of drug-likeness (QED) is 0.796. The van der Waals surface area contributed by atoms with E-state index in [-0.39, 0.29) is 11.7 Å². The lowest BCUT2D eigenvalue weighted by atomic mass is 9.82. The zero-order valence-corrected chi connectivity index (χ0v) is 16.3. The summed E-state index contributed by atoms with van der Waals surface area (Å²) < 4.78 is 12.0. The number of nitrogens with zero attached hydrogens (tertiary/aromatic N) is 2. The monoisotopic (exact) mass is 392 g/mol. The van der Waals surface area contributed by atoms with Crippen LogP contribution < -0.4 is 9.47 Å². The fourth-order valence-electron chi connectivity index (χ4n) is 4.13. The topological polar surface area (TPSA) is 68.7 Å². The number of aromatic nitrogens is 1. The molecule has 6 nitrogen and oxygen atoms in total. The Hall–Kier alpha value is -2.89. The molecule has 2 aliphatic heterocycles. The van der Waals surface area contributed by atoms with E-state index in [1.165, 1.54) is 12.8 Å². The van der Waals surface area contributed by atoms with Crippen molar-refractivity contribution >= 4 is 11.7 Å². The first kappa shape index (κ1) is 18.2. The summed E-state index contributed by atoms with van der Waals surface area (Å²) in [5, 5.41) is 0. The van der Waals surface area contributed by atoms with Crippen molar-refractivity contribution in [3.8, 4) is 11.6 Å². The SMILES string of the molecule is O=C1CC2(CCN(C(=O)c3ccnc(OCC4CC4)c3)CC2)Oc2ccccc21. The van der Waals surface area contributed by atoms with Crippen LogP contribution in [0.2, 0.25) is 0 Å². The molecule has 0 N–H and O–H groups in total. The van der Waals surface area contributed by atoms with Crippen LogP contribution in [0.5, 0.6) is 11.6 Å². The van der Waals surface area contributed by atoms with Crippen LogP contribution in [0.25, 0.3) is 0 Å². The van der Waals surface area contributed by atoms with Gasteiger partial charge in [0.15, 0.2) is 5.78 Å². The maximum Gasteiger partial charge on any atom is 0.254 e. The number of ether oxygens (including phenoxy) is 2. The number of likely N-dealkylation sites (tertiary alicyclic amines) is 1. The van der Waals surface area contributed by atoms with Gasteiger partial charge in [-0.2, -0.15) is 0 Å². The highest BCUT2D eigenvalue weighted by Crippen LogP contribution is 2.39. The maximum absolute atomic E-state index is 13.0. The van der Waals surface area contributed by atoms with Crippen molar-refractivity contribution in [1.82, 2.24) is 9.88 Å². The van der Waals surface area contributed by atoms with Crippen LogP contribution in [0, 0.1) is 5.92 Å². The molecular formula is C23H24N2O4. The van der Waals surface area contributed by atoms with Crippen molar-refractivity contribution in [2.45, 2.75) is 37.7 Å². The number of para-hydroxylation sites is 1. The Morgan fingerprint density at radius 2 is 2.00 bits per heavy atom. The minimum Gasteiger partial charge on any atom is -0.486 e. The molecule has 0 radical (unpaired) electrons. The summed E-state index contributed by atoms with van der Waals surface area (Å²) in [6, 6.07) is 10.9. The number of ketones is 1. The van der Waals surface area contributed by atoms with Gasteiger partial charge in [-0.15, -0.1) is 0 Å². The van der Waals surface area contributed by atoms with Crippen LogP contribution in [0.3, 0.4) is 0 Å². The molecular weight excluding hydrogens is 368 g/mol. The first-order valence-electron chi connectivity index (χ1n) is 10.3. The van der Waals surface area contributed by atoms with E-state index in [0.717, 1.165) is 0 Å². The minimum atomic E-state index is -0.501. The molecule has 2 aromatic rings. The summed E-state index contributed by atoms with van der Waals surface area (Å²) in [5.41, 5.74) is 0.749. The predicted molar refractivity (Wildman–Crippen MR) is 106 cm³/mol. The Morgan fingerprint density at radius 3 is 2.79 bits per heavy atom. The number of amides is 1. The third kappa shape index (κ3) is 3.71. The molecule has 150 valence electrons. The number of hydrogen-bond donors (Lipinski definition) is 0. The number of Topliss-reactive ketones (excluding diaryl/α,β-unsaturated/α-hetero) is 1. The Bertz CT molecular complexity index is 945. The van der Waals surface area contributed by atoms with E-state index in [9.17, 15) is 9.59 Å². The lowest BCUT2D eigenvalue weighted by Gasteiger charge is -2.44. The van der Waals surface area contributed by atoms with Crippen LogP contribution >= 0.6 is 0 Å². The molecule has 1 aliphatic carbocycles. The number of carbonyl (C=O) groups excluding carboxylic acids is 2. The van der Waals surface area contributed by atoms with Crippen molar-refractivity contribution in [3.63, 3.8) is 0 Å². The minimum absolute atomic E-state index is 0.0268. The van der Waals surface area contributed by atoms with Crippen molar-refractivity contribution in [1.29, 1.82) is 0 Å². The summed E-state index contributed by atoms with van der Waals surface area (Å²) in [6.45, 7) is 1.80. The van der Waals surface area contributed by atoms with Gasteiger partial charge in [-0.3, -0.25) is 9.59 Å². The predicted octanol–water partition coefficient (Wildman–Crippen LogP) is 3.51. The van der Waals surface area contributed by atoms with Crippen molar-refractivity contribution in [2.24, 2.45) is 5.92 Å². The Balaban J connectivity index is 1.24. The van der Waals surface area contributed by atoms with Crippen molar-refractivity contribution < 1.29 is 19.1 Å². The lowest BCUT2D eigenvalue weighted by Crippen LogP contribution is -2.52. The normalized spacial score (nSPS) is 20.1. The van der Waals surface area contributed by atoms with Gasteiger partial charge in [-0.25, -0.2) is 4.98 Å². The summed E-state index contributed by atoms with van der Waals surface area (Å²) in [4.78, 5) is 31.6. The number of rotatable bonds is 4. The molecule has 3 aliphatic rings. The number of piperidine rings is 1. The van der Waals surface area contributed by atoms with Gasteiger partial charge in [0, 0.05) is 43.8 Å². The second-order valence-electron chi connectivity index (χ2n) is 8.31. The molecule has 0 unspecified atom stereocenters. The number of benzene rings is 1. The van der Waals surface area contributed by atoms with Gasteiger partial charge in [0.2, 0.25) is 5.88 Å². The highest BCUT2D eigenvalue weighted by molar-refractivity contribution is 6.00. The third-order valence-corrected chi connectivity index (χ3v) is 6.10. The third-order valence-electron chi connectivity index (χ3n) is 6.10. The van der Waals surface area contributed by atoms with E-state index in [1.54, 1.807) is 18.3 Å². The zero-order chi connectivity index (χ0) is 19.8. The average molecular weight is 392 g/mol. The summed E-state index contributed by atoms with van der Waals surface area (Å²) in [5.74, 6) is 1.90. The number of fused-ring (bicyclic) bond motifs is 1. The van der Waals surface area contributed by atoms with E-state index in [2.05, 4.69) is 4.98 Å². The molecule has 1 aromatic carbocycles. The molecule has 5 rings (SSSR count). The van der Waals surface area contributed by atoms with E-state index >= 15 is 0 Å². The Morgan fingerprint density at radius 1 is 1.21 bits per heavy atom. The van der Waals surface area contributed by atoms with Gasteiger partial charge >= 0.3 is 0 Å². The van der Waals surface area contributed by atoms with E-state index in [1.807, 2.05) is 29.2 Å². The van der Waals surface area contributed by atoms with E-state index in [4.69, 9.17) is 9.47 Å². The molecule has 1 saturated heterocycles.